The standard InChI is InChI=1S/C6H4ClF7/c1-2(7)5(11,12)6(13,14)3(8)4(9)10/h2H,1H3. The molecule has 1 unspecified atom stereocenters. The Morgan fingerprint density at radius 1 is 1.07 bits per heavy atom. The van der Waals surface area contributed by atoms with Gasteiger partial charge in [0.15, 0.2) is 0 Å². The summed E-state index contributed by atoms with van der Waals surface area (Å²) in [4.78, 5) is 0. The number of halogens is 8. The van der Waals surface area contributed by atoms with Gasteiger partial charge in [-0.1, -0.05) is 0 Å². The minimum absolute atomic E-state index is 0.443. The fourth-order valence-corrected chi connectivity index (χ4v) is 0.652. The topological polar surface area (TPSA) is 0 Å². The number of hydrogen-bond donors (Lipinski definition) is 0. The van der Waals surface area contributed by atoms with Crippen LogP contribution < -0.4 is 0 Å². The van der Waals surface area contributed by atoms with E-state index in [1.807, 2.05) is 0 Å². The Morgan fingerprint density at radius 3 is 1.64 bits per heavy atom. The SMILES string of the molecule is CC(Cl)C(F)(F)C(F)(F)C(F)=C(F)F. The molecule has 0 aliphatic rings. The van der Waals surface area contributed by atoms with Gasteiger partial charge in [0.25, 0.3) is 0 Å². The highest BCUT2D eigenvalue weighted by Crippen LogP contribution is 2.45. The molecular formula is C6H4ClF7. The summed E-state index contributed by atoms with van der Waals surface area (Å²) in [6.45, 7) is 0.443. The summed E-state index contributed by atoms with van der Waals surface area (Å²) in [5.41, 5.74) is 0. The van der Waals surface area contributed by atoms with Crippen molar-refractivity contribution >= 4 is 11.6 Å². The molecule has 84 valence electrons. The van der Waals surface area contributed by atoms with Crippen molar-refractivity contribution in [2.45, 2.75) is 24.1 Å². The second-order valence-corrected chi connectivity index (χ2v) is 3.04. The summed E-state index contributed by atoms with van der Waals surface area (Å²) in [6.07, 6.45) is -3.49. The Bertz CT molecular complexity index is 241. The first-order valence-corrected chi connectivity index (χ1v) is 3.59. The van der Waals surface area contributed by atoms with Crippen LogP contribution in [0.5, 0.6) is 0 Å². The van der Waals surface area contributed by atoms with Crippen LogP contribution in [0.25, 0.3) is 0 Å². The lowest BCUT2D eigenvalue weighted by Crippen LogP contribution is -2.47. The fraction of sp³-hybridized carbons (Fsp3) is 0.667. The molecule has 0 aromatic rings. The second-order valence-electron chi connectivity index (χ2n) is 2.39. The van der Waals surface area contributed by atoms with Crippen molar-refractivity contribution in [1.29, 1.82) is 0 Å². The van der Waals surface area contributed by atoms with Gasteiger partial charge in [-0.25, -0.2) is 0 Å². The molecule has 1 atom stereocenters. The summed E-state index contributed by atoms with van der Waals surface area (Å²) >= 11 is 4.64. The van der Waals surface area contributed by atoms with Crippen molar-refractivity contribution in [2.75, 3.05) is 0 Å². The molecule has 0 aromatic heterocycles. The first kappa shape index (κ1) is 13.5. The van der Waals surface area contributed by atoms with Crippen LogP contribution in [0.1, 0.15) is 6.92 Å². The quantitative estimate of drug-likeness (QED) is 0.521. The van der Waals surface area contributed by atoms with Crippen molar-refractivity contribution in [2.24, 2.45) is 0 Å². The molecule has 0 aliphatic heterocycles. The lowest BCUT2D eigenvalue weighted by atomic mass is 10.1. The third kappa shape index (κ3) is 2.13. The average molecular weight is 245 g/mol. The van der Waals surface area contributed by atoms with Crippen LogP contribution in [0.3, 0.4) is 0 Å². The van der Waals surface area contributed by atoms with Crippen molar-refractivity contribution in [1.82, 2.24) is 0 Å². The van der Waals surface area contributed by atoms with Gasteiger partial charge in [-0.15, -0.1) is 11.6 Å². The molecule has 0 heterocycles. The van der Waals surface area contributed by atoms with Crippen molar-refractivity contribution < 1.29 is 30.7 Å². The minimum atomic E-state index is -5.60. The molecule has 0 rings (SSSR count). The van der Waals surface area contributed by atoms with E-state index in [-0.39, 0.29) is 0 Å². The number of rotatable bonds is 3. The number of allylic oxidation sites excluding steroid dienone is 1. The maximum atomic E-state index is 12.4. The molecule has 0 nitrogen and oxygen atoms in total. The maximum Gasteiger partial charge on any atom is 0.367 e. The van der Waals surface area contributed by atoms with E-state index in [0.717, 1.165) is 0 Å². The van der Waals surface area contributed by atoms with Crippen LogP contribution in [0.15, 0.2) is 11.9 Å². The highest BCUT2D eigenvalue weighted by molar-refractivity contribution is 6.21. The first-order valence-electron chi connectivity index (χ1n) is 3.16. The molecular weight excluding hydrogens is 241 g/mol. The largest absolute Gasteiger partial charge is 0.367 e. The zero-order valence-corrected chi connectivity index (χ0v) is 7.36. The van der Waals surface area contributed by atoms with Crippen LogP contribution in [-0.2, 0) is 0 Å². The molecule has 0 amide bonds. The third-order valence-electron chi connectivity index (χ3n) is 1.36. The van der Waals surface area contributed by atoms with Gasteiger partial charge in [0.2, 0.25) is 5.83 Å². The van der Waals surface area contributed by atoms with Gasteiger partial charge in [-0.3, -0.25) is 0 Å². The van der Waals surface area contributed by atoms with Gasteiger partial charge in [-0.05, 0) is 6.92 Å². The predicted octanol–water partition coefficient (Wildman–Crippen LogP) is 3.96. The third-order valence-corrected chi connectivity index (χ3v) is 1.63. The van der Waals surface area contributed by atoms with E-state index in [9.17, 15) is 30.7 Å². The van der Waals surface area contributed by atoms with E-state index in [2.05, 4.69) is 11.6 Å². The first-order chi connectivity index (χ1) is 6.05. The van der Waals surface area contributed by atoms with E-state index in [4.69, 9.17) is 0 Å². The zero-order chi connectivity index (χ0) is 11.7. The molecule has 0 spiro atoms. The molecule has 0 fully saturated rings. The molecule has 0 saturated carbocycles. The molecule has 0 aromatic carbocycles. The maximum absolute atomic E-state index is 12.4. The Kier molecular flexibility index (Phi) is 3.83. The molecule has 0 bridgehead atoms. The van der Waals surface area contributed by atoms with Gasteiger partial charge in [-0.2, -0.15) is 30.7 Å². The van der Waals surface area contributed by atoms with Crippen molar-refractivity contribution in [3.05, 3.63) is 11.9 Å². The second kappa shape index (κ2) is 3.96. The molecule has 0 saturated heterocycles. The van der Waals surface area contributed by atoms with Crippen LogP contribution in [0, 0.1) is 0 Å². The predicted molar refractivity (Wildman–Crippen MR) is 35.6 cm³/mol. The van der Waals surface area contributed by atoms with E-state index < -0.39 is 29.1 Å². The van der Waals surface area contributed by atoms with Crippen LogP contribution in [0.2, 0.25) is 0 Å². The van der Waals surface area contributed by atoms with E-state index >= 15 is 0 Å². The Balaban J connectivity index is 5.26. The van der Waals surface area contributed by atoms with Crippen LogP contribution >= 0.6 is 11.6 Å². The van der Waals surface area contributed by atoms with Gasteiger partial charge < -0.3 is 0 Å². The van der Waals surface area contributed by atoms with Crippen molar-refractivity contribution in [3.63, 3.8) is 0 Å². The summed E-state index contributed by atoms with van der Waals surface area (Å²) in [7, 11) is 0. The molecule has 0 N–H and O–H groups in total. The normalized spacial score (nSPS) is 15.2. The molecule has 14 heavy (non-hydrogen) atoms. The lowest BCUT2D eigenvalue weighted by molar-refractivity contribution is -0.195. The molecule has 8 heteroatoms. The zero-order valence-electron chi connectivity index (χ0n) is 6.60. The van der Waals surface area contributed by atoms with E-state index in [1.54, 1.807) is 0 Å². The van der Waals surface area contributed by atoms with Crippen LogP contribution in [-0.4, -0.2) is 17.2 Å². The van der Waals surface area contributed by atoms with Gasteiger partial charge in [0, 0.05) is 0 Å². The van der Waals surface area contributed by atoms with Gasteiger partial charge in [0.1, 0.15) is 5.38 Å². The average Bonchev–Trinajstić information content (AvgIpc) is 2.01. The summed E-state index contributed by atoms with van der Waals surface area (Å²) in [5, 5.41) is -2.48. The van der Waals surface area contributed by atoms with Crippen molar-refractivity contribution in [3.8, 4) is 0 Å². The van der Waals surface area contributed by atoms with E-state index in [0.29, 0.717) is 6.92 Å². The van der Waals surface area contributed by atoms with Crippen LogP contribution in [0.4, 0.5) is 30.7 Å². The minimum Gasteiger partial charge on any atom is -0.199 e. The number of hydrogen-bond acceptors (Lipinski definition) is 0. The highest BCUT2D eigenvalue weighted by atomic mass is 35.5. The lowest BCUT2D eigenvalue weighted by Gasteiger charge is -2.26. The molecule has 0 radical (unpaired) electrons. The number of alkyl halides is 5. The monoisotopic (exact) mass is 244 g/mol. The molecule has 0 aliphatic carbocycles. The fourth-order valence-electron chi connectivity index (χ4n) is 0.515. The van der Waals surface area contributed by atoms with Gasteiger partial charge >= 0.3 is 17.9 Å². The smallest absolute Gasteiger partial charge is 0.199 e. The Morgan fingerprint density at radius 2 is 1.43 bits per heavy atom. The van der Waals surface area contributed by atoms with Gasteiger partial charge in [0.05, 0.1) is 0 Å². The van der Waals surface area contributed by atoms with E-state index in [1.165, 1.54) is 0 Å². The summed E-state index contributed by atoms with van der Waals surface area (Å²) in [6, 6.07) is 0. The Hall–Kier alpha value is -0.460. The summed E-state index contributed by atoms with van der Waals surface area (Å²) < 4.78 is 84.3. The summed E-state index contributed by atoms with van der Waals surface area (Å²) in [5.74, 6) is -14.1. The highest BCUT2D eigenvalue weighted by Gasteiger charge is 2.63. The Labute approximate surface area is 79.3 Å².